The fraction of sp³-hybridized carbons (Fsp3) is 0.182. The number of fused-ring (bicyclic) bond motifs is 1. The van der Waals surface area contributed by atoms with Gasteiger partial charge in [0.2, 0.25) is 0 Å². The van der Waals surface area contributed by atoms with Crippen LogP contribution in [0.4, 0.5) is 4.39 Å². The summed E-state index contributed by atoms with van der Waals surface area (Å²) in [4.78, 5) is 12.2. The summed E-state index contributed by atoms with van der Waals surface area (Å²) in [5.74, 6) is 1.00. The van der Waals surface area contributed by atoms with Crippen LogP contribution in [0, 0.1) is 12.7 Å². The first-order chi connectivity index (χ1) is 14.6. The SMILES string of the molecule is Cc1ccc(C(=O)NCCc2nnc3ccc(SCc4ccc(F)cc4)nn23)cc1. The number of carbonyl (C=O) groups excluding carboxylic acids is 1. The Labute approximate surface area is 177 Å². The monoisotopic (exact) mass is 421 g/mol. The van der Waals surface area contributed by atoms with Gasteiger partial charge in [-0.1, -0.05) is 41.6 Å². The lowest BCUT2D eigenvalue weighted by atomic mass is 10.1. The fourth-order valence-corrected chi connectivity index (χ4v) is 3.69. The summed E-state index contributed by atoms with van der Waals surface area (Å²) in [6, 6.07) is 17.6. The van der Waals surface area contributed by atoms with Crippen molar-refractivity contribution in [2.75, 3.05) is 6.54 Å². The minimum atomic E-state index is -0.244. The number of nitrogens with one attached hydrogen (secondary N) is 1. The van der Waals surface area contributed by atoms with Crippen LogP contribution in [-0.2, 0) is 12.2 Å². The van der Waals surface area contributed by atoms with Crippen molar-refractivity contribution in [2.24, 2.45) is 0 Å². The highest BCUT2D eigenvalue weighted by molar-refractivity contribution is 7.98. The van der Waals surface area contributed by atoms with E-state index in [4.69, 9.17) is 0 Å². The maximum Gasteiger partial charge on any atom is 0.251 e. The molecule has 0 atom stereocenters. The number of aromatic nitrogens is 4. The Balaban J connectivity index is 1.38. The summed E-state index contributed by atoms with van der Waals surface area (Å²) >= 11 is 1.55. The van der Waals surface area contributed by atoms with Crippen LogP contribution in [0.15, 0.2) is 65.7 Å². The molecule has 0 saturated carbocycles. The number of nitrogens with zero attached hydrogens (tertiary/aromatic N) is 4. The highest BCUT2D eigenvalue weighted by atomic mass is 32.2. The van der Waals surface area contributed by atoms with E-state index in [9.17, 15) is 9.18 Å². The first kappa shape index (κ1) is 20.0. The van der Waals surface area contributed by atoms with Gasteiger partial charge in [0.1, 0.15) is 10.8 Å². The molecule has 2 aromatic carbocycles. The Morgan fingerprint density at radius 1 is 1.03 bits per heavy atom. The summed E-state index contributed by atoms with van der Waals surface area (Å²) < 4.78 is 14.7. The van der Waals surface area contributed by atoms with Crippen LogP contribution in [0.3, 0.4) is 0 Å². The zero-order valence-corrected chi connectivity index (χ0v) is 17.2. The van der Waals surface area contributed by atoms with Gasteiger partial charge in [-0.2, -0.15) is 9.61 Å². The van der Waals surface area contributed by atoms with Crippen LogP contribution in [0.2, 0.25) is 0 Å². The van der Waals surface area contributed by atoms with Gasteiger partial charge in [0, 0.05) is 24.3 Å². The number of carbonyl (C=O) groups is 1. The first-order valence-corrected chi connectivity index (χ1v) is 10.5. The molecule has 0 spiro atoms. The molecule has 0 aliphatic rings. The lowest BCUT2D eigenvalue weighted by Crippen LogP contribution is -2.26. The Bertz CT molecular complexity index is 1160. The second-order valence-corrected chi connectivity index (χ2v) is 7.84. The maximum atomic E-state index is 13.0. The van der Waals surface area contributed by atoms with E-state index in [-0.39, 0.29) is 11.7 Å². The van der Waals surface area contributed by atoms with Crippen molar-refractivity contribution < 1.29 is 9.18 Å². The number of thioether (sulfide) groups is 1. The van der Waals surface area contributed by atoms with Gasteiger partial charge in [0.15, 0.2) is 11.5 Å². The van der Waals surface area contributed by atoms with E-state index in [1.54, 1.807) is 28.4 Å². The molecule has 6 nitrogen and oxygen atoms in total. The molecule has 0 unspecified atom stereocenters. The van der Waals surface area contributed by atoms with Crippen molar-refractivity contribution >= 4 is 23.3 Å². The molecule has 4 aromatic rings. The summed E-state index contributed by atoms with van der Waals surface area (Å²) in [5.41, 5.74) is 3.41. The van der Waals surface area contributed by atoms with Crippen molar-refractivity contribution in [3.63, 3.8) is 0 Å². The van der Waals surface area contributed by atoms with E-state index in [2.05, 4.69) is 20.6 Å². The van der Waals surface area contributed by atoms with E-state index < -0.39 is 0 Å². The predicted molar refractivity (Wildman–Crippen MR) is 114 cm³/mol. The molecule has 1 amide bonds. The van der Waals surface area contributed by atoms with Crippen LogP contribution in [0.25, 0.3) is 5.65 Å². The van der Waals surface area contributed by atoms with Gasteiger partial charge >= 0.3 is 0 Å². The molecule has 2 heterocycles. The van der Waals surface area contributed by atoms with Gasteiger partial charge < -0.3 is 5.32 Å². The number of halogens is 1. The third-order valence-electron chi connectivity index (χ3n) is 4.55. The van der Waals surface area contributed by atoms with Gasteiger partial charge in [-0.25, -0.2) is 4.39 Å². The molecule has 1 N–H and O–H groups in total. The quantitative estimate of drug-likeness (QED) is 0.459. The van der Waals surface area contributed by atoms with Crippen molar-refractivity contribution in [1.29, 1.82) is 0 Å². The van der Waals surface area contributed by atoms with E-state index >= 15 is 0 Å². The summed E-state index contributed by atoms with van der Waals surface area (Å²) in [6.07, 6.45) is 0.512. The molecule has 4 rings (SSSR count). The molecule has 0 radical (unpaired) electrons. The van der Waals surface area contributed by atoms with Crippen molar-refractivity contribution in [3.8, 4) is 0 Å². The molecule has 30 heavy (non-hydrogen) atoms. The van der Waals surface area contributed by atoms with Gasteiger partial charge in [-0.05, 0) is 48.9 Å². The third-order valence-corrected chi connectivity index (χ3v) is 5.54. The van der Waals surface area contributed by atoms with E-state index in [1.165, 1.54) is 12.1 Å². The topological polar surface area (TPSA) is 72.2 Å². The lowest BCUT2D eigenvalue weighted by Gasteiger charge is -2.06. The molecular formula is C22H20FN5OS. The maximum absolute atomic E-state index is 13.0. The summed E-state index contributed by atoms with van der Waals surface area (Å²) in [7, 11) is 0. The normalized spacial score (nSPS) is 11.0. The number of rotatable bonds is 7. The van der Waals surface area contributed by atoms with Crippen LogP contribution < -0.4 is 5.32 Å². The van der Waals surface area contributed by atoms with Gasteiger partial charge in [0.05, 0.1) is 0 Å². The molecule has 8 heteroatoms. The Kier molecular flexibility index (Phi) is 6.04. The molecule has 2 aromatic heterocycles. The van der Waals surface area contributed by atoms with E-state index in [1.807, 2.05) is 43.3 Å². The molecule has 0 bridgehead atoms. The predicted octanol–water partition coefficient (Wildman–Crippen LogP) is 3.84. The molecule has 152 valence electrons. The number of hydrogen-bond donors (Lipinski definition) is 1. The first-order valence-electron chi connectivity index (χ1n) is 9.52. The number of aryl methyl sites for hydroxylation is 1. The lowest BCUT2D eigenvalue weighted by molar-refractivity contribution is 0.0954. The number of amides is 1. The zero-order chi connectivity index (χ0) is 20.9. The van der Waals surface area contributed by atoms with Gasteiger partial charge in [-0.15, -0.1) is 10.2 Å². The largest absolute Gasteiger partial charge is 0.352 e. The smallest absolute Gasteiger partial charge is 0.251 e. The average molecular weight is 422 g/mol. The average Bonchev–Trinajstić information content (AvgIpc) is 3.16. The Hall–Kier alpha value is -3.26. The third kappa shape index (κ3) is 4.83. The highest BCUT2D eigenvalue weighted by Gasteiger charge is 2.10. The highest BCUT2D eigenvalue weighted by Crippen LogP contribution is 2.21. The number of benzene rings is 2. The minimum absolute atomic E-state index is 0.118. The number of hydrogen-bond acceptors (Lipinski definition) is 5. The standard InChI is InChI=1S/C22H20FN5OS/c1-15-2-6-17(7-3-15)22(29)24-13-12-20-26-25-19-10-11-21(27-28(19)20)30-14-16-4-8-18(23)9-5-16/h2-11H,12-14H2,1H3,(H,24,29). The van der Waals surface area contributed by atoms with Crippen molar-refractivity contribution in [3.05, 3.63) is 89.0 Å². The van der Waals surface area contributed by atoms with Gasteiger partial charge in [0.25, 0.3) is 5.91 Å². The van der Waals surface area contributed by atoms with E-state index in [0.717, 1.165) is 16.2 Å². The van der Waals surface area contributed by atoms with Crippen molar-refractivity contribution in [1.82, 2.24) is 25.1 Å². The van der Waals surface area contributed by atoms with Crippen LogP contribution in [0.1, 0.15) is 27.3 Å². The molecule has 0 aliphatic heterocycles. The molecule has 0 aliphatic carbocycles. The van der Waals surface area contributed by atoms with Crippen LogP contribution in [-0.4, -0.2) is 32.3 Å². The van der Waals surface area contributed by atoms with E-state index in [0.29, 0.717) is 35.8 Å². The fourth-order valence-electron chi connectivity index (χ4n) is 2.88. The second-order valence-electron chi connectivity index (χ2n) is 6.84. The molecule has 0 fully saturated rings. The molecule has 0 saturated heterocycles. The Morgan fingerprint density at radius 2 is 1.80 bits per heavy atom. The van der Waals surface area contributed by atoms with Crippen LogP contribution in [0.5, 0.6) is 0 Å². The summed E-state index contributed by atoms with van der Waals surface area (Å²) in [5, 5.41) is 16.7. The second kappa shape index (κ2) is 9.04. The minimum Gasteiger partial charge on any atom is -0.352 e. The van der Waals surface area contributed by atoms with Crippen molar-refractivity contribution in [2.45, 2.75) is 24.1 Å². The van der Waals surface area contributed by atoms with Crippen LogP contribution >= 0.6 is 11.8 Å². The summed E-state index contributed by atoms with van der Waals surface area (Å²) in [6.45, 7) is 2.42. The molecular weight excluding hydrogens is 401 g/mol. The zero-order valence-electron chi connectivity index (χ0n) is 16.4. The Morgan fingerprint density at radius 3 is 2.57 bits per heavy atom. The van der Waals surface area contributed by atoms with Gasteiger partial charge in [-0.3, -0.25) is 4.79 Å².